The number of nitrogens with one attached hydrogen (secondary N) is 2. The summed E-state index contributed by atoms with van der Waals surface area (Å²) in [6.45, 7) is 9.27. The fourth-order valence-electron chi connectivity index (χ4n) is 4.62. The molecule has 4 heterocycles. The number of nitrogen functional groups attached to an aromatic ring is 1. The first-order chi connectivity index (χ1) is 24.7. The molecule has 0 saturated heterocycles. The summed E-state index contributed by atoms with van der Waals surface area (Å²) in [4.78, 5) is 50.5. The number of aliphatic hydroxyl groups excluding tert-OH is 2. The van der Waals surface area contributed by atoms with Crippen molar-refractivity contribution >= 4 is 23.1 Å². The molecule has 0 aliphatic carbocycles. The van der Waals surface area contributed by atoms with Gasteiger partial charge in [0.05, 0.1) is 31.6 Å². The van der Waals surface area contributed by atoms with Gasteiger partial charge in [0.15, 0.2) is 11.2 Å². The minimum atomic E-state index is -0.755. The number of aromatic amines is 2. The number of carboxylic acids is 1. The number of H-pyrrole nitrogens is 2. The Hall–Kier alpha value is -5.89. The topological polar surface area (TPSA) is 255 Å². The van der Waals surface area contributed by atoms with Crippen LogP contribution in [0.4, 0.5) is 5.95 Å². The van der Waals surface area contributed by atoms with E-state index in [1.165, 1.54) is 16.5 Å². The average molecular weight is 717 g/mol. The van der Waals surface area contributed by atoms with Gasteiger partial charge in [-0.05, 0) is 88.4 Å². The zero-order valence-electron chi connectivity index (χ0n) is 29.7. The molecule has 52 heavy (non-hydrogen) atoms. The number of fused-ring (bicyclic) bond motifs is 1. The van der Waals surface area contributed by atoms with Gasteiger partial charge in [-0.2, -0.15) is 10.2 Å². The van der Waals surface area contributed by atoms with Crippen LogP contribution in [0.25, 0.3) is 22.3 Å². The minimum Gasteiger partial charge on any atom is -0.493 e. The van der Waals surface area contributed by atoms with Crippen molar-refractivity contribution in [1.29, 1.82) is 5.26 Å². The van der Waals surface area contributed by atoms with Crippen LogP contribution in [-0.2, 0) is 16.3 Å². The molecule has 276 valence electrons. The Labute approximate surface area is 299 Å². The number of imidazole rings is 1. The van der Waals surface area contributed by atoms with Crippen molar-refractivity contribution < 1.29 is 29.6 Å². The third-order valence-electron chi connectivity index (χ3n) is 7.83. The van der Waals surface area contributed by atoms with Crippen LogP contribution >= 0.6 is 0 Å². The smallest absolute Gasteiger partial charge is 0.309 e. The molecule has 0 amide bonds. The van der Waals surface area contributed by atoms with E-state index in [-0.39, 0.29) is 48.2 Å². The molecule has 4 aromatic heterocycles. The predicted molar refractivity (Wildman–Crippen MR) is 193 cm³/mol. The van der Waals surface area contributed by atoms with Gasteiger partial charge >= 0.3 is 5.97 Å². The first-order valence-electron chi connectivity index (χ1n) is 16.2. The summed E-state index contributed by atoms with van der Waals surface area (Å²) in [5.41, 5.74) is 9.33. The van der Waals surface area contributed by atoms with E-state index in [1.54, 1.807) is 39.2 Å². The van der Waals surface area contributed by atoms with Gasteiger partial charge in [-0.1, -0.05) is 12.1 Å². The van der Waals surface area contributed by atoms with Crippen molar-refractivity contribution in [3.05, 3.63) is 98.2 Å². The first kappa shape index (κ1) is 40.5. The number of rotatable bonds is 12. The summed E-state index contributed by atoms with van der Waals surface area (Å²) in [6, 6.07) is 13.2. The fourth-order valence-corrected chi connectivity index (χ4v) is 4.62. The zero-order chi connectivity index (χ0) is 38.4. The SMILES string of the molecule is Cc1[nH]c(=O)c(C#N)cc1-c1ccncc1.Cc1ccc(C)c(OCCCC(C)(C)C(=O)O)c1.Nc1nc2c(ncn2COC(CO)CO)c(=O)[nH]1. The summed E-state index contributed by atoms with van der Waals surface area (Å²) in [6.07, 6.45) is 5.39. The lowest BCUT2D eigenvalue weighted by atomic mass is 9.88. The van der Waals surface area contributed by atoms with Crippen molar-refractivity contribution in [2.45, 2.75) is 60.3 Å². The zero-order valence-corrected chi connectivity index (χ0v) is 29.7. The van der Waals surface area contributed by atoms with Crippen LogP contribution in [-0.4, -0.2) is 76.7 Å². The van der Waals surface area contributed by atoms with Crippen molar-refractivity contribution in [1.82, 2.24) is 29.5 Å². The maximum absolute atomic E-state index is 11.5. The molecule has 0 spiro atoms. The number of aliphatic carboxylic acids is 1. The molecule has 1 aromatic carbocycles. The van der Waals surface area contributed by atoms with E-state index in [0.717, 1.165) is 34.6 Å². The van der Waals surface area contributed by atoms with E-state index >= 15 is 0 Å². The van der Waals surface area contributed by atoms with Crippen molar-refractivity contribution in [2.24, 2.45) is 5.41 Å². The summed E-state index contributed by atoms with van der Waals surface area (Å²) in [7, 11) is 0. The van der Waals surface area contributed by atoms with Crippen LogP contribution in [0, 0.1) is 37.5 Å². The molecule has 0 radical (unpaired) electrons. The summed E-state index contributed by atoms with van der Waals surface area (Å²) >= 11 is 0. The fraction of sp³-hybridized carbons (Fsp3) is 0.361. The number of hydrogen-bond acceptors (Lipinski definition) is 12. The monoisotopic (exact) mass is 716 g/mol. The number of anilines is 1. The van der Waals surface area contributed by atoms with E-state index < -0.39 is 23.0 Å². The van der Waals surface area contributed by atoms with Crippen molar-refractivity contribution in [2.75, 3.05) is 25.6 Å². The van der Waals surface area contributed by atoms with E-state index in [2.05, 4.69) is 31.0 Å². The second-order valence-corrected chi connectivity index (χ2v) is 12.4. The Morgan fingerprint density at radius 3 is 2.38 bits per heavy atom. The number of aromatic nitrogens is 6. The number of carboxylic acid groups (broad SMARTS) is 1. The van der Waals surface area contributed by atoms with Crippen molar-refractivity contribution in [3.8, 4) is 22.9 Å². The van der Waals surface area contributed by atoms with Crippen LogP contribution in [0.3, 0.4) is 0 Å². The van der Waals surface area contributed by atoms with Crippen molar-refractivity contribution in [3.63, 3.8) is 0 Å². The highest BCUT2D eigenvalue weighted by atomic mass is 16.5. The summed E-state index contributed by atoms with van der Waals surface area (Å²) in [5.74, 6) is 0.118. The molecular weight excluding hydrogens is 672 g/mol. The quantitative estimate of drug-likeness (QED) is 0.102. The Bertz CT molecular complexity index is 2100. The van der Waals surface area contributed by atoms with Gasteiger partial charge in [-0.25, -0.2) is 4.98 Å². The lowest BCUT2D eigenvalue weighted by molar-refractivity contribution is -0.147. The van der Waals surface area contributed by atoms with E-state index in [0.29, 0.717) is 13.0 Å². The Morgan fingerprint density at radius 2 is 1.75 bits per heavy atom. The van der Waals surface area contributed by atoms with E-state index in [1.807, 2.05) is 44.2 Å². The van der Waals surface area contributed by atoms with E-state index in [9.17, 15) is 14.4 Å². The number of benzene rings is 1. The average Bonchev–Trinajstić information content (AvgIpc) is 3.52. The van der Waals surface area contributed by atoms with Gasteiger partial charge in [-0.3, -0.25) is 28.9 Å². The van der Waals surface area contributed by atoms with Crippen LogP contribution in [0.2, 0.25) is 0 Å². The minimum absolute atomic E-state index is 0.00181. The third-order valence-corrected chi connectivity index (χ3v) is 7.83. The third kappa shape index (κ3) is 11.3. The maximum atomic E-state index is 11.5. The largest absolute Gasteiger partial charge is 0.493 e. The summed E-state index contributed by atoms with van der Waals surface area (Å²) < 4.78 is 12.4. The highest BCUT2D eigenvalue weighted by Gasteiger charge is 2.26. The number of carbonyl (C=O) groups is 1. The van der Waals surface area contributed by atoms with Gasteiger partial charge in [0.1, 0.15) is 30.2 Å². The van der Waals surface area contributed by atoms with Gasteiger partial charge in [0.25, 0.3) is 11.1 Å². The van der Waals surface area contributed by atoms with Crippen LogP contribution in [0.5, 0.6) is 5.75 Å². The number of nitrogens with zero attached hydrogens (tertiary/aromatic N) is 5. The van der Waals surface area contributed by atoms with Crippen LogP contribution < -0.4 is 21.6 Å². The van der Waals surface area contributed by atoms with Gasteiger partial charge < -0.3 is 35.5 Å². The number of aliphatic hydroxyl groups is 2. The van der Waals surface area contributed by atoms with Gasteiger partial charge in [0, 0.05) is 23.7 Å². The lowest BCUT2D eigenvalue weighted by Crippen LogP contribution is -2.24. The number of ether oxygens (including phenoxy) is 2. The normalized spacial score (nSPS) is 10.9. The maximum Gasteiger partial charge on any atom is 0.309 e. The number of hydrogen-bond donors (Lipinski definition) is 6. The van der Waals surface area contributed by atoms with Crippen LogP contribution in [0.1, 0.15) is 49.1 Å². The molecule has 0 fully saturated rings. The molecule has 16 heteroatoms. The highest BCUT2D eigenvalue weighted by molar-refractivity contribution is 5.73. The molecule has 7 N–H and O–H groups in total. The predicted octanol–water partition coefficient (Wildman–Crippen LogP) is 3.22. The number of nitrogens with two attached hydrogens (primary N) is 1. The van der Waals surface area contributed by atoms with E-state index in [4.69, 9.17) is 35.8 Å². The number of nitriles is 1. The second-order valence-electron chi connectivity index (χ2n) is 12.4. The molecule has 5 aromatic rings. The number of pyridine rings is 2. The Morgan fingerprint density at radius 1 is 1.06 bits per heavy atom. The molecule has 0 unspecified atom stereocenters. The Balaban J connectivity index is 0.000000211. The first-order valence-corrected chi connectivity index (χ1v) is 16.2. The number of aryl methyl sites for hydroxylation is 3. The standard InChI is InChI=1S/C15H22O3.C12H9N3O.C9H13N5O4/c1-11-6-7-12(2)13(10-11)18-9-5-8-15(3,4)14(16)17;1-8-11(9-2-4-14-5-3-9)6-10(7-13)12(16)15-8;10-9-12-7-6(8(17)13-9)11-3-14(7)4-18-5(1-15)2-16/h6-7,10H,5,8-9H2,1-4H3,(H,16,17);2-6H,1H3,(H,15,16);3,5,15-16H,1-2,4H2,(H3,10,12,13,17). The van der Waals surface area contributed by atoms with Crippen LogP contribution in [0.15, 0.2) is 64.7 Å². The molecule has 5 rings (SSSR count). The molecule has 0 bridgehead atoms. The highest BCUT2D eigenvalue weighted by Crippen LogP contribution is 2.24. The van der Waals surface area contributed by atoms with Gasteiger partial charge in [-0.15, -0.1) is 0 Å². The molecular formula is C36H44N8O8. The lowest BCUT2D eigenvalue weighted by Gasteiger charge is -2.19. The molecule has 0 aliphatic heterocycles. The molecule has 0 aliphatic rings. The summed E-state index contributed by atoms with van der Waals surface area (Å²) in [5, 5.41) is 35.5. The second kappa shape index (κ2) is 18.9. The molecule has 0 saturated carbocycles. The molecule has 16 nitrogen and oxygen atoms in total. The van der Waals surface area contributed by atoms with Gasteiger partial charge in [0.2, 0.25) is 5.95 Å². The molecule has 0 atom stereocenters. The Kier molecular flexibility index (Phi) is 14.7.